The van der Waals surface area contributed by atoms with Crippen LogP contribution in [0.15, 0.2) is 58.5 Å². The maximum atomic E-state index is 13.0. The molecule has 0 radical (unpaired) electrons. The molecule has 0 fully saturated rings. The summed E-state index contributed by atoms with van der Waals surface area (Å²) in [5.74, 6) is 0.806. The van der Waals surface area contributed by atoms with E-state index in [0.717, 1.165) is 24.3 Å². The maximum absolute atomic E-state index is 13.0. The number of aromatic nitrogens is 2. The highest BCUT2D eigenvalue weighted by molar-refractivity contribution is 7.99. The molecule has 25 heavy (non-hydrogen) atoms. The first-order chi connectivity index (χ1) is 12.2. The van der Waals surface area contributed by atoms with Gasteiger partial charge in [0.05, 0.1) is 22.7 Å². The standard InChI is InChI=1S/C19H16ClN3OS/c20-14-8-10-15(11-9-14)23-18(24)16-6-2-3-7-17(16)22-19(23)25-13-5-1-4-12-21/h2-3,6-11H,1,4-5,13H2. The first kappa shape index (κ1) is 17.5. The molecule has 0 saturated carbocycles. The molecular formula is C19H16ClN3OS. The van der Waals surface area contributed by atoms with E-state index in [-0.39, 0.29) is 5.56 Å². The van der Waals surface area contributed by atoms with Crippen LogP contribution < -0.4 is 5.56 Å². The maximum Gasteiger partial charge on any atom is 0.266 e. The number of rotatable bonds is 6. The van der Waals surface area contributed by atoms with Crippen LogP contribution in [0.3, 0.4) is 0 Å². The van der Waals surface area contributed by atoms with Crippen LogP contribution in [0.4, 0.5) is 0 Å². The lowest BCUT2D eigenvalue weighted by molar-refractivity contribution is 0.804. The van der Waals surface area contributed by atoms with E-state index in [1.807, 2.05) is 30.3 Å². The van der Waals surface area contributed by atoms with Gasteiger partial charge < -0.3 is 0 Å². The van der Waals surface area contributed by atoms with Gasteiger partial charge in [-0.25, -0.2) is 4.98 Å². The van der Waals surface area contributed by atoms with Gasteiger partial charge in [-0.1, -0.05) is 35.5 Å². The lowest BCUT2D eigenvalue weighted by Gasteiger charge is -2.13. The van der Waals surface area contributed by atoms with Crippen molar-refractivity contribution in [1.29, 1.82) is 5.26 Å². The minimum atomic E-state index is -0.0903. The zero-order valence-corrected chi connectivity index (χ0v) is 15.1. The molecule has 0 bridgehead atoms. The summed E-state index contributed by atoms with van der Waals surface area (Å²) in [6, 6.07) is 16.7. The fourth-order valence-corrected chi connectivity index (χ4v) is 3.63. The molecule has 0 aliphatic carbocycles. The van der Waals surface area contributed by atoms with E-state index in [4.69, 9.17) is 16.9 Å². The SMILES string of the molecule is N#CCCCCSc1nc2ccccc2c(=O)n1-c1ccc(Cl)cc1. The Morgan fingerprint density at radius 3 is 2.64 bits per heavy atom. The van der Waals surface area contributed by atoms with Crippen LogP contribution in [0, 0.1) is 11.3 Å². The van der Waals surface area contributed by atoms with Gasteiger partial charge in [0.25, 0.3) is 5.56 Å². The molecule has 126 valence electrons. The number of para-hydroxylation sites is 1. The molecule has 0 aliphatic rings. The van der Waals surface area contributed by atoms with Gasteiger partial charge >= 0.3 is 0 Å². The Kier molecular flexibility index (Phi) is 5.75. The van der Waals surface area contributed by atoms with Crippen molar-refractivity contribution in [1.82, 2.24) is 9.55 Å². The third-order valence-electron chi connectivity index (χ3n) is 3.74. The Morgan fingerprint density at radius 1 is 1.12 bits per heavy atom. The lowest BCUT2D eigenvalue weighted by atomic mass is 10.2. The number of nitriles is 1. The van der Waals surface area contributed by atoms with Crippen LogP contribution in [0.1, 0.15) is 19.3 Å². The first-order valence-corrected chi connectivity index (χ1v) is 9.34. The van der Waals surface area contributed by atoms with E-state index in [2.05, 4.69) is 11.1 Å². The molecule has 1 heterocycles. The number of unbranched alkanes of at least 4 members (excludes halogenated alkanes) is 2. The van der Waals surface area contributed by atoms with E-state index in [0.29, 0.717) is 27.5 Å². The lowest BCUT2D eigenvalue weighted by Crippen LogP contribution is -2.21. The van der Waals surface area contributed by atoms with E-state index < -0.39 is 0 Å². The average molecular weight is 370 g/mol. The van der Waals surface area contributed by atoms with Gasteiger partial charge in [-0.2, -0.15) is 5.26 Å². The van der Waals surface area contributed by atoms with Crippen molar-refractivity contribution in [3.63, 3.8) is 0 Å². The molecule has 0 unspecified atom stereocenters. The van der Waals surface area contributed by atoms with Gasteiger partial charge in [-0.05, 0) is 49.2 Å². The van der Waals surface area contributed by atoms with E-state index in [9.17, 15) is 4.79 Å². The highest BCUT2D eigenvalue weighted by Gasteiger charge is 2.13. The van der Waals surface area contributed by atoms with Crippen molar-refractivity contribution in [2.24, 2.45) is 0 Å². The summed E-state index contributed by atoms with van der Waals surface area (Å²) < 4.78 is 1.63. The van der Waals surface area contributed by atoms with Gasteiger partial charge in [-0.15, -0.1) is 0 Å². The van der Waals surface area contributed by atoms with Gasteiger partial charge in [0.2, 0.25) is 0 Å². The highest BCUT2D eigenvalue weighted by atomic mass is 35.5. The molecular weight excluding hydrogens is 354 g/mol. The van der Waals surface area contributed by atoms with Crippen LogP contribution in [0.25, 0.3) is 16.6 Å². The summed E-state index contributed by atoms with van der Waals surface area (Å²) in [6.45, 7) is 0. The summed E-state index contributed by atoms with van der Waals surface area (Å²) >= 11 is 7.51. The summed E-state index contributed by atoms with van der Waals surface area (Å²) in [4.78, 5) is 17.7. The van der Waals surface area contributed by atoms with Crippen molar-refractivity contribution in [3.05, 3.63) is 63.9 Å². The predicted molar refractivity (Wildman–Crippen MR) is 103 cm³/mol. The number of fused-ring (bicyclic) bond motifs is 1. The number of hydrogen-bond acceptors (Lipinski definition) is 4. The molecule has 0 saturated heterocycles. The van der Waals surface area contributed by atoms with Crippen LogP contribution in [-0.4, -0.2) is 15.3 Å². The Labute approximate surface area is 155 Å². The average Bonchev–Trinajstić information content (AvgIpc) is 2.63. The van der Waals surface area contributed by atoms with Crippen molar-refractivity contribution in [2.45, 2.75) is 24.4 Å². The topological polar surface area (TPSA) is 58.7 Å². The van der Waals surface area contributed by atoms with Gasteiger partial charge in [0.15, 0.2) is 5.16 Å². The van der Waals surface area contributed by atoms with Crippen LogP contribution in [0.5, 0.6) is 0 Å². The number of nitrogens with zero attached hydrogens (tertiary/aromatic N) is 3. The van der Waals surface area contributed by atoms with E-state index in [1.54, 1.807) is 22.8 Å². The van der Waals surface area contributed by atoms with Crippen molar-refractivity contribution in [3.8, 4) is 11.8 Å². The Bertz CT molecular complexity index is 977. The third-order valence-corrected chi connectivity index (χ3v) is 5.02. The summed E-state index contributed by atoms with van der Waals surface area (Å²) in [5.41, 5.74) is 1.34. The molecule has 0 atom stereocenters. The van der Waals surface area contributed by atoms with E-state index >= 15 is 0 Å². The summed E-state index contributed by atoms with van der Waals surface area (Å²) in [5, 5.41) is 10.5. The second kappa shape index (κ2) is 8.19. The highest BCUT2D eigenvalue weighted by Crippen LogP contribution is 2.23. The molecule has 4 nitrogen and oxygen atoms in total. The van der Waals surface area contributed by atoms with Crippen molar-refractivity contribution < 1.29 is 0 Å². The second-order valence-electron chi connectivity index (χ2n) is 5.49. The summed E-state index contributed by atoms with van der Waals surface area (Å²) in [7, 11) is 0. The van der Waals surface area contributed by atoms with Crippen LogP contribution >= 0.6 is 23.4 Å². The van der Waals surface area contributed by atoms with Crippen molar-refractivity contribution >= 4 is 34.3 Å². The smallest absolute Gasteiger partial charge is 0.266 e. The zero-order valence-electron chi connectivity index (χ0n) is 13.5. The summed E-state index contributed by atoms with van der Waals surface area (Å²) in [6.07, 6.45) is 2.31. The molecule has 0 N–H and O–H groups in total. The fraction of sp³-hybridized carbons (Fsp3) is 0.211. The number of thioether (sulfide) groups is 1. The zero-order chi connectivity index (χ0) is 17.6. The minimum absolute atomic E-state index is 0.0903. The number of halogens is 1. The molecule has 3 rings (SSSR count). The van der Waals surface area contributed by atoms with Crippen molar-refractivity contribution in [2.75, 3.05) is 5.75 Å². The molecule has 3 aromatic rings. The fourth-order valence-electron chi connectivity index (χ4n) is 2.50. The third kappa shape index (κ3) is 4.04. The number of hydrogen-bond donors (Lipinski definition) is 0. The second-order valence-corrected chi connectivity index (χ2v) is 6.99. The Hall–Kier alpha value is -2.29. The Balaban J connectivity index is 2.03. The monoisotopic (exact) mass is 369 g/mol. The van der Waals surface area contributed by atoms with Gasteiger partial charge in [0.1, 0.15) is 0 Å². The molecule has 1 aromatic heterocycles. The normalized spacial score (nSPS) is 10.7. The quantitative estimate of drug-likeness (QED) is 0.355. The van der Waals surface area contributed by atoms with Gasteiger partial charge in [-0.3, -0.25) is 9.36 Å². The molecule has 6 heteroatoms. The van der Waals surface area contributed by atoms with Gasteiger partial charge in [0, 0.05) is 17.2 Å². The largest absolute Gasteiger partial charge is 0.268 e. The van der Waals surface area contributed by atoms with Crippen LogP contribution in [-0.2, 0) is 0 Å². The first-order valence-electron chi connectivity index (χ1n) is 7.98. The molecule has 2 aromatic carbocycles. The van der Waals surface area contributed by atoms with Crippen LogP contribution in [0.2, 0.25) is 5.02 Å². The minimum Gasteiger partial charge on any atom is -0.268 e. The molecule has 0 amide bonds. The van der Waals surface area contributed by atoms with E-state index in [1.165, 1.54) is 11.8 Å². The molecule has 0 aliphatic heterocycles. The number of benzene rings is 2. The predicted octanol–water partition coefficient (Wildman–Crippen LogP) is 4.83. The molecule has 0 spiro atoms. The Morgan fingerprint density at radius 2 is 1.88 bits per heavy atom.